The summed E-state index contributed by atoms with van der Waals surface area (Å²) in [6.07, 6.45) is 0. The maximum atomic E-state index is 9.73. The molecular formula is C13H21OSi2. The molecule has 1 aromatic carbocycles. The molecule has 0 aliphatic rings. The Morgan fingerprint density at radius 3 is 2.31 bits per heavy atom. The number of benzene rings is 1. The van der Waals surface area contributed by atoms with Crippen LogP contribution >= 0.6 is 0 Å². The van der Waals surface area contributed by atoms with Gasteiger partial charge in [0.05, 0.1) is 0 Å². The quantitative estimate of drug-likeness (QED) is 0.816. The highest BCUT2D eigenvalue weighted by Gasteiger charge is 2.15. The minimum Gasteiger partial charge on any atom is -0.508 e. The Morgan fingerprint density at radius 2 is 1.81 bits per heavy atom. The minimum atomic E-state index is -0.146. The number of phenols is 1. The lowest BCUT2D eigenvalue weighted by Gasteiger charge is -2.20. The van der Waals surface area contributed by atoms with Gasteiger partial charge in [0.15, 0.2) is 0 Å². The van der Waals surface area contributed by atoms with E-state index in [-0.39, 0.29) is 13.7 Å². The molecule has 0 saturated heterocycles. The lowest BCUT2D eigenvalue weighted by atomic mass is 9.86. The van der Waals surface area contributed by atoms with Crippen molar-refractivity contribution in [2.45, 2.75) is 45.3 Å². The highest BCUT2D eigenvalue weighted by atomic mass is 29.2. The molecule has 0 unspecified atom stereocenters. The number of rotatable bonds is 3. The van der Waals surface area contributed by atoms with Crippen molar-refractivity contribution in [3.63, 3.8) is 0 Å². The molecule has 1 nitrogen and oxygen atoms in total. The number of aromatic hydroxyl groups is 1. The van der Waals surface area contributed by atoms with Crippen molar-refractivity contribution in [3.05, 3.63) is 29.3 Å². The smallest absolute Gasteiger partial charge is 0.116 e. The summed E-state index contributed by atoms with van der Waals surface area (Å²) in [5.41, 5.74) is 2.63. The fourth-order valence-electron chi connectivity index (χ4n) is 1.49. The van der Waals surface area contributed by atoms with Crippen molar-refractivity contribution in [1.29, 1.82) is 0 Å². The minimum absolute atomic E-state index is 0.114. The molecule has 0 heterocycles. The summed E-state index contributed by atoms with van der Waals surface area (Å²) in [6.45, 7) is 11.2. The lowest BCUT2D eigenvalue weighted by Crippen LogP contribution is -2.16. The fourth-order valence-corrected chi connectivity index (χ4v) is 3.92. The summed E-state index contributed by atoms with van der Waals surface area (Å²) in [7, 11) is 0.887. The van der Waals surface area contributed by atoms with Crippen molar-refractivity contribution in [2.24, 2.45) is 0 Å². The van der Waals surface area contributed by atoms with Gasteiger partial charge in [0.25, 0.3) is 0 Å². The molecule has 3 radical (unpaired) electrons. The van der Waals surface area contributed by atoms with Gasteiger partial charge >= 0.3 is 0 Å². The molecule has 16 heavy (non-hydrogen) atoms. The van der Waals surface area contributed by atoms with Gasteiger partial charge in [-0.05, 0) is 34.7 Å². The predicted octanol–water partition coefficient (Wildman–Crippen LogP) is 3.15. The van der Waals surface area contributed by atoms with Crippen LogP contribution in [0.15, 0.2) is 18.2 Å². The summed E-state index contributed by atoms with van der Waals surface area (Å²) in [4.78, 5) is 0. The van der Waals surface area contributed by atoms with Crippen molar-refractivity contribution in [2.75, 3.05) is 0 Å². The van der Waals surface area contributed by atoms with Crippen LogP contribution in [-0.2, 0) is 11.5 Å². The van der Waals surface area contributed by atoms with Crippen LogP contribution in [0.1, 0.15) is 31.9 Å². The van der Waals surface area contributed by atoms with Crippen LogP contribution in [-0.4, -0.2) is 22.5 Å². The average Bonchev–Trinajstić information content (AvgIpc) is 2.12. The molecule has 0 atom stereocenters. The van der Waals surface area contributed by atoms with Gasteiger partial charge < -0.3 is 5.11 Å². The fraction of sp³-hybridized carbons (Fsp3) is 0.538. The molecule has 0 bridgehead atoms. The molecule has 0 amide bonds. The van der Waals surface area contributed by atoms with Crippen LogP contribution in [0.25, 0.3) is 0 Å². The molecule has 1 N–H and O–H groups in total. The van der Waals surface area contributed by atoms with Gasteiger partial charge in [-0.25, -0.2) is 0 Å². The first-order chi connectivity index (χ1) is 7.29. The van der Waals surface area contributed by atoms with Gasteiger partial charge in [0.1, 0.15) is 5.75 Å². The van der Waals surface area contributed by atoms with Crippen LogP contribution in [0.2, 0.25) is 13.1 Å². The zero-order valence-corrected chi connectivity index (χ0v) is 12.9. The normalized spacial score (nSPS) is 12.1. The van der Waals surface area contributed by atoms with Gasteiger partial charge in [0, 0.05) is 17.4 Å². The average molecular weight is 249 g/mol. The van der Waals surface area contributed by atoms with Gasteiger partial charge in [-0.2, -0.15) is 0 Å². The maximum absolute atomic E-state index is 9.73. The Morgan fingerprint density at radius 1 is 1.19 bits per heavy atom. The first-order valence-electron chi connectivity index (χ1n) is 5.66. The second kappa shape index (κ2) is 5.19. The zero-order valence-electron chi connectivity index (χ0n) is 10.9. The Hall–Kier alpha value is -0.546. The largest absolute Gasteiger partial charge is 0.508 e. The summed E-state index contributed by atoms with van der Waals surface area (Å²) < 4.78 is 0. The third-order valence-electron chi connectivity index (χ3n) is 2.49. The molecule has 0 aromatic heterocycles. The molecule has 1 rings (SSSR count). The molecule has 0 saturated carbocycles. The zero-order chi connectivity index (χ0) is 12.3. The Bertz CT molecular complexity index is 353. The van der Waals surface area contributed by atoms with Crippen molar-refractivity contribution in [1.82, 2.24) is 0 Å². The van der Waals surface area contributed by atoms with E-state index in [9.17, 15) is 5.11 Å². The van der Waals surface area contributed by atoms with E-state index in [1.165, 1.54) is 11.1 Å². The molecule has 0 fully saturated rings. The van der Waals surface area contributed by atoms with Crippen molar-refractivity contribution in [3.8, 4) is 5.75 Å². The molecule has 0 spiro atoms. The van der Waals surface area contributed by atoms with Gasteiger partial charge in [-0.15, -0.1) is 0 Å². The lowest BCUT2D eigenvalue weighted by molar-refractivity contribution is 0.470. The van der Waals surface area contributed by atoms with E-state index in [1.54, 1.807) is 0 Å². The molecule has 0 aliphatic carbocycles. The highest BCUT2D eigenvalue weighted by Crippen LogP contribution is 2.27. The van der Waals surface area contributed by atoms with Crippen LogP contribution in [0, 0.1) is 0 Å². The Labute approximate surface area is 103 Å². The predicted molar refractivity (Wildman–Crippen MR) is 73.7 cm³/mol. The van der Waals surface area contributed by atoms with Crippen LogP contribution in [0.5, 0.6) is 5.75 Å². The Balaban J connectivity index is 2.90. The van der Waals surface area contributed by atoms with Crippen LogP contribution in [0.4, 0.5) is 0 Å². The van der Waals surface area contributed by atoms with E-state index in [2.05, 4.69) is 39.9 Å². The Kier molecular flexibility index (Phi) is 4.38. The van der Waals surface area contributed by atoms with Gasteiger partial charge in [-0.3, -0.25) is 0 Å². The summed E-state index contributed by atoms with van der Waals surface area (Å²) in [6, 6.07) is 7.17. The summed E-state index contributed by atoms with van der Waals surface area (Å²) in [5.74, 6) is 0.410. The van der Waals surface area contributed by atoms with Crippen molar-refractivity contribution < 1.29 is 5.11 Å². The topological polar surface area (TPSA) is 20.2 Å². The second-order valence-electron chi connectivity index (χ2n) is 5.49. The first-order valence-corrected chi connectivity index (χ1v) is 10.4. The molecular weight excluding hydrogens is 228 g/mol. The number of phenolic OH excluding ortho intramolecular Hbond substituents is 1. The van der Waals surface area contributed by atoms with E-state index in [1.807, 2.05) is 12.1 Å². The maximum Gasteiger partial charge on any atom is 0.116 e. The molecule has 1 aromatic rings. The van der Waals surface area contributed by atoms with E-state index < -0.39 is 0 Å². The molecule has 87 valence electrons. The van der Waals surface area contributed by atoms with Crippen LogP contribution in [0.3, 0.4) is 0 Å². The van der Waals surface area contributed by atoms with Crippen LogP contribution < -0.4 is 0 Å². The van der Waals surface area contributed by atoms with E-state index in [0.717, 1.165) is 15.1 Å². The monoisotopic (exact) mass is 249 g/mol. The third kappa shape index (κ3) is 4.14. The van der Waals surface area contributed by atoms with E-state index >= 15 is 0 Å². The number of hydrogen-bond donors (Lipinski definition) is 1. The van der Waals surface area contributed by atoms with Gasteiger partial charge in [0.2, 0.25) is 0 Å². The molecule has 3 heteroatoms. The third-order valence-corrected chi connectivity index (χ3v) is 6.43. The SMILES string of the molecule is C[Si](C)[Si]Cc1cc(O)cc(C(C)(C)C)c1. The van der Waals surface area contributed by atoms with E-state index in [4.69, 9.17) is 0 Å². The molecule has 0 aliphatic heterocycles. The highest BCUT2D eigenvalue weighted by molar-refractivity contribution is 7.10. The van der Waals surface area contributed by atoms with Gasteiger partial charge in [-0.1, -0.05) is 39.9 Å². The van der Waals surface area contributed by atoms with Crippen molar-refractivity contribution >= 4 is 17.4 Å². The standard InChI is InChI=1S/C13H21OSi2/c1-13(2,3)11-6-10(7-12(14)8-11)9-15-16(4)5/h6-8,14H,9H2,1-5H3. The summed E-state index contributed by atoms with van der Waals surface area (Å²) >= 11 is 0. The first kappa shape index (κ1) is 13.5. The number of hydrogen-bond acceptors (Lipinski definition) is 1. The second-order valence-corrected chi connectivity index (χ2v) is 12.3. The summed E-state index contributed by atoms with van der Waals surface area (Å²) in [5, 5.41) is 9.73. The van der Waals surface area contributed by atoms with E-state index in [0.29, 0.717) is 5.75 Å².